The van der Waals surface area contributed by atoms with Crippen LogP contribution in [0.2, 0.25) is 0 Å². The van der Waals surface area contributed by atoms with Gasteiger partial charge in [0.15, 0.2) is 4.77 Å². The fourth-order valence-electron chi connectivity index (χ4n) is 2.80. The summed E-state index contributed by atoms with van der Waals surface area (Å²) in [5.41, 5.74) is 3.80. The number of fused-ring (bicyclic) bond motifs is 1. The maximum Gasteiger partial charge on any atom is 0.261 e. The zero-order valence-electron chi connectivity index (χ0n) is 15.3. The molecule has 29 heavy (non-hydrogen) atoms. The molecule has 0 radical (unpaired) electrons. The minimum atomic E-state index is -0.323. The number of hydrogen-bond acceptors (Lipinski definition) is 6. The molecule has 0 saturated carbocycles. The Bertz CT molecular complexity index is 1310. The molecule has 2 aromatic carbocycles. The number of nitrogens with one attached hydrogen (secondary N) is 2. The first-order chi connectivity index (χ1) is 14.0. The molecule has 2 aromatic heterocycles. The van der Waals surface area contributed by atoms with Gasteiger partial charge in [-0.05, 0) is 42.5 Å². The highest BCUT2D eigenvalue weighted by Gasteiger charge is 2.12. The zero-order valence-corrected chi connectivity index (χ0v) is 17.0. The zero-order chi connectivity index (χ0) is 20.4. The van der Waals surface area contributed by atoms with Crippen molar-refractivity contribution in [3.63, 3.8) is 0 Å². The largest absolute Gasteiger partial charge is 0.485 e. The molecule has 0 fully saturated rings. The number of para-hydroxylation sites is 2. The summed E-state index contributed by atoms with van der Waals surface area (Å²) in [6.07, 6.45) is 0. The molecule has 1 amide bonds. The molecule has 0 aliphatic heterocycles. The van der Waals surface area contributed by atoms with Crippen LogP contribution >= 0.6 is 23.6 Å². The maximum atomic E-state index is 12.8. The van der Waals surface area contributed by atoms with E-state index in [9.17, 15) is 9.59 Å². The van der Waals surface area contributed by atoms with E-state index in [4.69, 9.17) is 17.0 Å². The van der Waals surface area contributed by atoms with Crippen molar-refractivity contribution in [2.45, 2.75) is 6.61 Å². The number of H-pyrrole nitrogens is 1. The fourth-order valence-corrected chi connectivity index (χ4v) is 3.53. The molecule has 2 N–H and O–H groups in total. The first-order valence-corrected chi connectivity index (χ1v) is 10.0. The normalized spacial score (nSPS) is 10.8. The van der Waals surface area contributed by atoms with Crippen LogP contribution in [0.25, 0.3) is 10.9 Å². The third-order valence-electron chi connectivity index (χ3n) is 4.36. The Morgan fingerprint density at radius 3 is 2.93 bits per heavy atom. The molecular formula is C20H16N4O3S2. The van der Waals surface area contributed by atoms with Crippen molar-refractivity contribution in [2.75, 3.05) is 5.32 Å². The molecule has 0 spiro atoms. The summed E-state index contributed by atoms with van der Waals surface area (Å²) in [5.74, 6) is 0.222. The average molecular weight is 425 g/mol. The van der Waals surface area contributed by atoms with E-state index in [0.717, 1.165) is 5.69 Å². The van der Waals surface area contributed by atoms with Gasteiger partial charge in [0.25, 0.3) is 11.5 Å². The van der Waals surface area contributed by atoms with Crippen molar-refractivity contribution in [2.24, 2.45) is 7.05 Å². The Morgan fingerprint density at radius 1 is 1.31 bits per heavy atom. The van der Waals surface area contributed by atoms with Gasteiger partial charge in [-0.3, -0.25) is 14.2 Å². The number of carbonyl (C=O) groups is 1. The molecule has 0 unspecified atom stereocenters. The number of carbonyl (C=O) groups excluding carboxylic acids is 1. The highest BCUT2D eigenvalue weighted by atomic mass is 32.1. The second-order valence-corrected chi connectivity index (χ2v) is 7.38. The van der Waals surface area contributed by atoms with Gasteiger partial charge in [-0.25, -0.2) is 4.98 Å². The van der Waals surface area contributed by atoms with Crippen LogP contribution in [0.4, 0.5) is 5.69 Å². The number of ether oxygens (including phenoxy) is 1. The molecular weight excluding hydrogens is 408 g/mol. The number of thiazole rings is 1. The molecule has 4 rings (SSSR count). The molecule has 0 atom stereocenters. The van der Waals surface area contributed by atoms with Crippen molar-refractivity contribution < 1.29 is 9.53 Å². The van der Waals surface area contributed by atoms with Crippen LogP contribution in [0.1, 0.15) is 16.1 Å². The summed E-state index contributed by atoms with van der Waals surface area (Å²) in [7, 11) is 1.60. The molecule has 4 aromatic rings. The van der Waals surface area contributed by atoms with Gasteiger partial charge in [0.05, 0.1) is 27.8 Å². The minimum absolute atomic E-state index is 0.212. The summed E-state index contributed by atoms with van der Waals surface area (Å²) in [5, 5.41) is 5.23. The van der Waals surface area contributed by atoms with E-state index in [1.807, 2.05) is 17.5 Å². The summed E-state index contributed by atoms with van der Waals surface area (Å²) in [4.78, 5) is 32.2. The predicted octanol–water partition coefficient (Wildman–Crippen LogP) is 3.88. The smallest absolute Gasteiger partial charge is 0.261 e. The number of amides is 1. The van der Waals surface area contributed by atoms with E-state index in [1.54, 1.807) is 42.9 Å². The molecule has 0 bridgehead atoms. The van der Waals surface area contributed by atoms with E-state index >= 15 is 0 Å². The van der Waals surface area contributed by atoms with Gasteiger partial charge in [-0.1, -0.05) is 12.1 Å². The number of nitrogens with zero attached hydrogens (tertiary/aromatic N) is 2. The topological polar surface area (TPSA) is 89.0 Å². The fraction of sp³-hybridized carbons (Fsp3) is 0.100. The van der Waals surface area contributed by atoms with Crippen molar-refractivity contribution in [3.8, 4) is 5.75 Å². The highest BCUT2D eigenvalue weighted by molar-refractivity contribution is 7.71. The SMILES string of the molecule is Cn1c(=S)[nH]c2cc(C(=O)Nc3ccccc3OCc3cscn3)ccc2c1=O. The van der Waals surface area contributed by atoms with Crippen LogP contribution in [-0.4, -0.2) is 20.4 Å². The molecule has 0 aliphatic rings. The summed E-state index contributed by atoms with van der Waals surface area (Å²) < 4.78 is 7.45. The predicted molar refractivity (Wildman–Crippen MR) is 115 cm³/mol. The van der Waals surface area contributed by atoms with Gasteiger partial charge in [0, 0.05) is 18.0 Å². The van der Waals surface area contributed by atoms with Gasteiger partial charge in [-0.2, -0.15) is 0 Å². The van der Waals surface area contributed by atoms with Crippen LogP contribution in [-0.2, 0) is 13.7 Å². The van der Waals surface area contributed by atoms with Gasteiger partial charge in [-0.15, -0.1) is 11.3 Å². The van der Waals surface area contributed by atoms with Gasteiger partial charge in [0.1, 0.15) is 12.4 Å². The maximum absolute atomic E-state index is 12.8. The Morgan fingerprint density at radius 2 is 2.14 bits per heavy atom. The van der Waals surface area contributed by atoms with E-state index in [-0.39, 0.29) is 11.5 Å². The molecule has 9 heteroatoms. The molecule has 146 valence electrons. The van der Waals surface area contributed by atoms with Crippen LogP contribution in [0.15, 0.2) is 58.1 Å². The van der Waals surface area contributed by atoms with Gasteiger partial charge in [0.2, 0.25) is 0 Å². The molecule has 7 nitrogen and oxygen atoms in total. The van der Waals surface area contributed by atoms with Gasteiger partial charge < -0.3 is 15.0 Å². The van der Waals surface area contributed by atoms with E-state index in [2.05, 4.69) is 15.3 Å². The summed E-state index contributed by atoms with van der Waals surface area (Å²) in [6, 6.07) is 12.0. The third-order valence-corrected chi connectivity index (χ3v) is 5.37. The summed E-state index contributed by atoms with van der Waals surface area (Å²) in [6.45, 7) is 0.312. The number of aromatic amines is 1. The standard InChI is InChI=1S/C20H16N4O3S2/c1-24-19(26)14-7-6-12(8-16(14)23-20(24)28)18(25)22-15-4-2-3-5-17(15)27-9-13-10-29-11-21-13/h2-8,10-11H,9H2,1H3,(H,22,25)(H,23,28). The second kappa shape index (κ2) is 7.98. The first kappa shape index (κ1) is 19.0. The van der Waals surface area contributed by atoms with Crippen molar-refractivity contribution in [1.82, 2.24) is 14.5 Å². The first-order valence-electron chi connectivity index (χ1n) is 8.66. The lowest BCUT2D eigenvalue weighted by Crippen LogP contribution is -2.19. The monoisotopic (exact) mass is 424 g/mol. The second-order valence-electron chi connectivity index (χ2n) is 6.27. The molecule has 0 saturated heterocycles. The Hall–Kier alpha value is -3.30. The van der Waals surface area contributed by atoms with Crippen LogP contribution in [0.5, 0.6) is 5.75 Å². The number of hydrogen-bond donors (Lipinski definition) is 2. The van der Waals surface area contributed by atoms with E-state index < -0.39 is 0 Å². The minimum Gasteiger partial charge on any atom is -0.485 e. The Kier molecular flexibility index (Phi) is 5.24. The third kappa shape index (κ3) is 3.96. The highest BCUT2D eigenvalue weighted by Crippen LogP contribution is 2.25. The summed E-state index contributed by atoms with van der Waals surface area (Å²) >= 11 is 6.64. The number of benzene rings is 2. The lowest BCUT2D eigenvalue weighted by atomic mass is 10.1. The molecule has 0 aliphatic carbocycles. The number of rotatable bonds is 5. The van der Waals surface area contributed by atoms with Crippen LogP contribution < -0.4 is 15.6 Å². The van der Waals surface area contributed by atoms with E-state index in [0.29, 0.717) is 39.3 Å². The van der Waals surface area contributed by atoms with Crippen molar-refractivity contribution >= 4 is 46.1 Å². The van der Waals surface area contributed by atoms with Crippen molar-refractivity contribution in [1.29, 1.82) is 0 Å². The van der Waals surface area contributed by atoms with Crippen LogP contribution in [0.3, 0.4) is 0 Å². The lowest BCUT2D eigenvalue weighted by Gasteiger charge is -2.12. The van der Waals surface area contributed by atoms with E-state index in [1.165, 1.54) is 15.9 Å². The van der Waals surface area contributed by atoms with Gasteiger partial charge >= 0.3 is 0 Å². The Balaban J connectivity index is 1.59. The quantitative estimate of drug-likeness (QED) is 0.475. The Labute approximate surface area is 174 Å². The van der Waals surface area contributed by atoms with Crippen molar-refractivity contribution in [3.05, 3.63) is 79.7 Å². The lowest BCUT2D eigenvalue weighted by molar-refractivity contribution is 0.102. The number of aromatic nitrogens is 3. The number of anilines is 1. The van der Waals surface area contributed by atoms with Crippen LogP contribution in [0, 0.1) is 4.77 Å². The molecule has 2 heterocycles. The average Bonchev–Trinajstić information content (AvgIpc) is 3.25.